The minimum atomic E-state index is -2.39. The molecule has 0 heterocycles. The van der Waals surface area contributed by atoms with Gasteiger partial charge in [-0.05, 0) is 0 Å². The average molecular weight is 684 g/mol. The zero-order chi connectivity index (χ0) is 32.0. The molecule has 0 bridgehead atoms. The van der Waals surface area contributed by atoms with Crippen LogP contribution in [0.1, 0.15) is 110 Å². The van der Waals surface area contributed by atoms with Gasteiger partial charge in [0.2, 0.25) is 0 Å². The van der Waals surface area contributed by atoms with E-state index in [1.165, 1.54) is 109 Å². The first-order valence-corrected chi connectivity index (χ1v) is 21.9. The molecule has 0 spiro atoms. The second-order valence-electron chi connectivity index (χ2n) is 13.6. The van der Waals surface area contributed by atoms with Gasteiger partial charge >= 0.3 is 288 Å². The molecular formula is C45H52Zr. The number of hydrogen-bond acceptors (Lipinski definition) is 0. The van der Waals surface area contributed by atoms with E-state index in [0.717, 1.165) is 0 Å². The first-order valence-electron chi connectivity index (χ1n) is 18.1. The molecule has 0 N–H and O–H groups in total. The molecule has 2 aliphatic rings. The van der Waals surface area contributed by atoms with Crippen molar-refractivity contribution in [1.29, 1.82) is 0 Å². The van der Waals surface area contributed by atoms with E-state index in [1.807, 2.05) is 6.49 Å². The second kappa shape index (κ2) is 15.3. The fraction of sp³-hybridized carbons (Fsp3) is 0.356. The number of hydrogen-bond donors (Lipinski definition) is 0. The van der Waals surface area contributed by atoms with E-state index >= 15 is 0 Å². The number of allylic oxidation sites excluding steroid dienone is 4. The topological polar surface area (TPSA) is 0 Å². The summed E-state index contributed by atoms with van der Waals surface area (Å²) in [7, 11) is 0. The summed E-state index contributed by atoms with van der Waals surface area (Å²) in [6, 6.07) is 30.1. The van der Waals surface area contributed by atoms with Crippen LogP contribution in [-0.4, -0.2) is 3.21 Å². The summed E-state index contributed by atoms with van der Waals surface area (Å²) in [6.07, 6.45) is 20.1. The van der Waals surface area contributed by atoms with E-state index < -0.39 is 21.3 Å². The Hall–Kier alpha value is -2.89. The second-order valence-corrected chi connectivity index (χ2v) is 20.3. The molecule has 0 saturated heterocycles. The molecule has 1 atom stereocenters. The Kier molecular flexibility index (Phi) is 11.0. The fourth-order valence-electron chi connectivity index (χ4n) is 8.03. The van der Waals surface area contributed by atoms with Gasteiger partial charge in [-0.1, -0.05) is 0 Å². The Morgan fingerprint density at radius 3 is 1.89 bits per heavy atom. The van der Waals surface area contributed by atoms with Gasteiger partial charge in [0.15, 0.2) is 0 Å². The SMILES string of the molecule is CCCC[C](CCCC)=[Zr]([C]1=CC=CC1)[CH]1c2cc(C)c(-c3ccccc3)cc2-c2cc(-c3ccccc3)c(C)c(CCCC)c21. The van der Waals surface area contributed by atoms with E-state index in [9.17, 15) is 0 Å². The van der Waals surface area contributed by atoms with Crippen LogP contribution in [0, 0.1) is 13.8 Å². The van der Waals surface area contributed by atoms with Crippen molar-refractivity contribution in [2.45, 2.75) is 102 Å². The Balaban J connectivity index is 1.70. The fourth-order valence-corrected chi connectivity index (χ4v) is 17.6. The molecule has 0 saturated carbocycles. The average Bonchev–Trinajstić information content (AvgIpc) is 3.72. The molecule has 0 nitrogen and oxygen atoms in total. The molecule has 0 aliphatic heterocycles. The molecule has 0 radical (unpaired) electrons. The molecule has 1 unspecified atom stereocenters. The summed E-state index contributed by atoms with van der Waals surface area (Å²) in [5.74, 6) is 0. The van der Waals surface area contributed by atoms with Crippen LogP contribution in [0.4, 0.5) is 0 Å². The zero-order valence-electron chi connectivity index (χ0n) is 28.9. The van der Waals surface area contributed by atoms with Crippen LogP contribution < -0.4 is 0 Å². The Labute approximate surface area is 286 Å². The Morgan fingerprint density at radius 1 is 0.696 bits per heavy atom. The molecule has 4 aromatic carbocycles. The van der Waals surface area contributed by atoms with Gasteiger partial charge in [0.1, 0.15) is 0 Å². The molecule has 0 amide bonds. The van der Waals surface area contributed by atoms with Crippen LogP contribution in [0.25, 0.3) is 33.4 Å². The number of rotatable bonds is 13. The Morgan fingerprint density at radius 2 is 1.30 bits per heavy atom. The molecular weight excluding hydrogens is 632 g/mol. The first kappa shape index (κ1) is 33.0. The van der Waals surface area contributed by atoms with Crippen molar-refractivity contribution in [1.82, 2.24) is 0 Å². The molecule has 0 aromatic heterocycles. The third-order valence-corrected chi connectivity index (χ3v) is 19.1. The van der Waals surface area contributed by atoms with Gasteiger partial charge in [0.05, 0.1) is 0 Å². The van der Waals surface area contributed by atoms with Crippen LogP contribution in [0.5, 0.6) is 0 Å². The summed E-state index contributed by atoms with van der Waals surface area (Å²) >= 11 is -2.39. The molecule has 46 heavy (non-hydrogen) atoms. The van der Waals surface area contributed by atoms with Crippen LogP contribution in [0.3, 0.4) is 0 Å². The van der Waals surface area contributed by atoms with Gasteiger partial charge in [-0.3, -0.25) is 0 Å². The van der Waals surface area contributed by atoms with Gasteiger partial charge in [-0.2, -0.15) is 0 Å². The van der Waals surface area contributed by atoms with Crippen molar-refractivity contribution in [3.8, 4) is 33.4 Å². The Bertz CT molecular complexity index is 1760. The van der Waals surface area contributed by atoms with E-state index in [-0.39, 0.29) is 0 Å². The van der Waals surface area contributed by atoms with Gasteiger partial charge in [0.25, 0.3) is 0 Å². The van der Waals surface area contributed by atoms with Gasteiger partial charge in [-0.15, -0.1) is 0 Å². The summed E-state index contributed by atoms with van der Waals surface area (Å²) < 4.78 is 4.37. The van der Waals surface area contributed by atoms with Crippen LogP contribution in [0.2, 0.25) is 0 Å². The standard InChI is InChI=1S/C31H29.C9H18.C5H5.Zr/c1-4-5-16-26-22(3)28(24-14-10-7-11-15-24)20-31-29-19-27(23-12-8-6-9-13-23)21(2)17-25(29)18-30(26)31;1-3-5-7-9-8-6-4-2;1-2-4-5-3-1;/h6-15,17-20H,4-5,16H2,1-3H3;3-8H2,1-2H3;1-3H,4H2;. The maximum absolute atomic E-state index is 2.64. The zero-order valence-corrected chi connectivity index (χ0v) is 31.3. The van der Waals surface area contributed by atoms with Gasteiger partial charge in [0, 0.05) is 0 Å². The minimum absolute atomic E-state index is 0.557. The van der Waals surface area contributed by atoms with E-state index in [0.29, 0.717) is 3.63 Å². The third-order valence-electron chi connectivity index (χ3n) is 10.4. The summed E-state index contributed by atoms with van der Waals surface area (Å²) in [4.78, 5) is 0. The van der Waals surface area contributed by atoms with Crippen molar-refractivity contribution >= 4 is 3.21 Å². The third kappa shape index (κ3) is 6.60. The number of fused-ring (bicyclic) bond motifs is 3. The van der Waals surface area contributed by atoms with Gasteiger partial charge in [-0.25, -0.2) is 0 Å². The van der Waals surface area contributed by atoms with Crippen molar-refractivity contribution in [3.63, 3.8) is 0 Å². The predicted octanol–water partition coefficient (Wildman–Crippen LogP) is 13.1. The predicted molar refractivity (Wildman–Crippen MR) is 199 cm³/mol. The molecule has 236 valence electrons. The van der Waals surface area contributed by atoms with E-state index in [2.05, 4.69) is 132 Å². The van der Waals surface area contributed by atoms with Crippen molar-refractivity contribution in [3.05, 3.63) is 128 Å². The van der Waals surface area contributed by atoms with Crippen molar-refractivity contribution < 1.29 is 21.3 Å². The van der Waals surface area contributed by atoms with Crippen molar-refractivity contribution in [2.24, 2.45) is 0 Å². The van der Waals surface area contributed by atoms with Crippen LogP contribution in [-0.2, 0) is 27.7 Å². The van der Waals surface area contributed by atoms with Gasteiger partial charge < -0.3 is 0 Å². The first-order chi connectivity index (χ1) is 22.6. The molecule has 1 heteroatoms. The molecule has 0 fully saturated rings. The number of benzene rings is 4. The summed E-state index contributed by atoms with van der Waals surface area (Å²) in [5.41, 5.74) is 16.5. The normalized spacial score (nSPS) is 14.7. The quantitative estimate of drug-likeness (QED) is 0.132. The van der Waals surface area contributed by atoms with Crippen LogP contribution >= 0.6 is 0 Å². The number of aryl methyl sites for hydroxylation is 1. The summed E-state index contributed by atoms with van der Waals surface area (Å²) in [5, 5.41) is 0. The van der Waals surface area contributed by atoms with E-state index in [1.54, 1.807) is 16.7 Å². The van der Waals surface area contributed by atoms with Crippen molar-refractivity contribution in [2.75, 3.05) is 0 Å². The summed E-state index contributed by atoms with van der Waals surface area (Å²) in [6.45, 7) is 11.9. The monoisotopic (exact) mass is 682 g/mol. The molecule has 2 aliphatic carbocycles. The number of unbranched alkanes of at least 4 members (excludes halogenated alkanes) is 3. The molecule has 6 rings (SSSR count). The molecule has 4 aromatic rings. The van der Waals surface area contributed by atoms with Crippen LogP contribution in [0.15, 0.2) is 100 Å². The van der Waals surface area contributed by atoms with E-state index in [4.69, 9.17) is 0 Å². The maximum atomic E-state index is 2.64.